The van der Waals surface area contributed by atoms with Crippen molar-refractivity contribution in [3.63, 3.8) is 0 Å². The minimum Gasteiger partial charge on any atom is -0.497 e. The highest BCUT2D eigenvalue weighted by Gasteiger charge is 2.28. The van der Waals surface area contributed by atoms with Gasteiger partial charge in [-0.3, -0.25) is 9.88 Å². The molecule has 1 aliphatic heterocycles. The molecule has 4 rings (SSSR count). The number of methoxy groups -OCH3 is 1. The van der Waals surface area contributed by atoms with Gasteiger partial charge in [0.15, 0.2) is 0 Å². The number of aromatic nitrogens is 3. The highest BCUT2D eigenvalue weighted by molar-refractivity contribution is 7.09. The summed E-state index contributed by atoms with van der Waals surface area (Å²) in [6.45, 7) is 2.66. The number of imidazole rings is 1. The lowest BCUT2D eigenvalue weighted by molar-refractivity contribution is 0.129. The Bertz CT molecular complexity index is 766. The molecule has 118 valence electrons. The monoisotopic (exact) mass is 326 g/mol. The maximum absolute atomic E-state index is 5.28. The predicted octanol–water partition coefficient (Wildman–Crippen LogP) is 3.11. The van der Waals surface area contributed by atoms with Gasteiger partial charge in [-0.25, -0.2) is 4.98 Å². The van der Waals surface area contributed by atoms with Gasteiger partial charge in [0.25, 0.3) is 0 Å². The highest BCUT2D eigenvalue weighted by Crippen LogP contribution is 2.31. The maximum Gasteiger partial charge on any atom is 0.122 e. The zero-order valence-corrected chi connectivity index (χ0v) is 13.7. The van der Waals surface area contributed by atoms with Crippen LogP contribution in [0.1, 0.15) is 22.3 Å². The average Bonchev–Trinajstić information content (AvgIpc) is 3.25. The van der Waals surface area contributed by atoms with Gasteiger partial charge in [0.1, 0.15) is 11.6 Å². The molecule has 3 heterocycles. The normalized spacial score (nSPS) is 17.9. The molecule has 0 N–H and O–H groups in total. The molecule has 0 spiro atoms. The van der Waals surface area contributed by atoms with E-state index in [0.717, 1.165) is 31.2 Å². The first-order valence-electron chi connectivity index (χ1n) is 7.59. The van der Waals surface area contributed by atoms with Crippen LogP contribution in [0.3, 0.4) is 0 Å². The Morgan fingerprint density at radius 2 is 2.17 bits per heavy atom. The number of hydrogen-bond donors (Lipinski definition) is 0. The fourth-order valence-corrected chi connectivity index (χ4v) is 3.70. The number of benzene rings is 1. The molecular formula is C17H18N4OS. The molecule has 1 aliphatic rings. The molecule has 1 aromatic carbocycles. The molecule has 0 amide bonds. The Morgan fingerprint density at radius 3 is 2.91 bits per heavy atom. The van der Waals surface area contributed by atoms with Gasteiger partial charge in [-0.15, -0.1) is 11.3 Å². The summed E-state index contributed by atoms with van der Waals surface area (Å²) in [5.41, 5.74) is 3.19. The van der Waals surface area contributed by atoms with Crippen LogP contribution in [-0.2, 0) is 19.6 Å². The fraction of sp³-hybridized carbons (Fsp3) is 0.294. The number of thiazole rings is 1. The largest absolute Gasteiger partial charge is 0.497 e. The quantitative estimate of drug-likeness (QED) is 0.739. The predicted molar refractivity (Wildman–Crippen MR) is 89.3 cm³/mol. The summed E-state index contributed by atoms with van der Waals surface area (Å²) in [4.78, 5) is 12.4. The van der Waals surface area contributed by atoms with Gasteiger partial charge in [-0.05, 0) is 17.7 Å². The van der Waals surface area contributed by atoms with E-state index in [0.29, 0.717) is 6.04 Å². The zero-order valence-electron chi connectivity index (χ0n) is 12.9. The third kappa shape index (κ3) is 2.87. The summed E-state index contributed by atoms with van der Waals surface area (Å²) in [6, 6.07) is 8.70. The van der Waals surface area contributed by atoms with Crippen molar-refractivity contribution in [1.82, 2.24) is 19.4 Å². The average molecular weight is 326 g/mol. The second kappa shape index (κ2) is 6.14. The Hall–Kier alpha value is -2.18. The van der Waals surface area contributed by atoms with E-state index in [-0.39, 0.29) is 0 Å². The summed E-state index contributed by atoms with van der Waals surface area (Å²) in [5.74, 6) is 2.01. The van der Waals surface area contributed by atoms with Crippen LogP contribution in [-0.4, -0.2) is 26.5 Å². The lowest BCUT2D eigenvalue weighted by atomic mass is 10.0. The topological polar surface area (TPSA) is 43.2 Å². The molecule has 1 unspecified atom stereocenters. The van der Waals surface area contributed by atoms with Crippen LogP contribution in [0.25, 0.3) is 0 Å². The van der Waals surface area contributed by atoms with Crippen molar-refractivity contribution < 1.29 is 4.74 Å². The Morgan fingerprint density at radius 1 is 1.30 bits per heavy atom. The van der Waals surface area contributed by atoms with Crippen molar-refractivity contribution in [3.8, 4) is 5.75 Å². The van der Waals surface area contributed by atoms with E-state index < -0.39 is 0 Å². The first-order valence-corrected chi connectivity index (χ1v) is 8.47. The summed E-state index contributed by atoms with van der Waals surface area (Å²) in [6.07, 6.45) is 5.91. The van der Waals surface area contributed by atoms with E-state index in [4.69, 9.17) is 4.74 Å². The van der Waals surface area contributed by atoms with Gasteiger partial charge in [-0.1, -0.05) is 12.1 Å². The van der Waals surface area contributed by atoms with Crippen molar-refractivity contribution in [3.05, 3.63) is 64.6 Å². The van der Waals surface area contributed by atoms with E-state index in [9.17, 15) is 0 Å². The number of rotatable bonds is 4. The molecule has 3 aromatic rings. The van der Waals surface area contributed by atoms with Crippen LogP contribution in [0, 0.1) is 0 Å². The zero-order chi connectivity index (χ0) is 15.6. The lowest BCUT2D eigenvalue weighted by Gasteiger charge is -2.36. The second-order valence-corrected chi connectivity index (χ2v) is 6.63. The molecule has 0 saturated carbocycles. The third-order valence-corrected chi connectivity index (χ3v) is 5.06. The molecule has 0 aliphatic carbocycles. The van der Waals surface area contributed by atoms with Gasteiger partial charge in [-0.2, -0.15) is 0 Å². The summed E-state index contributed by atoms with van der Waals surface area (Å²) >= 11 is 1.70. The fourth-order valence-electron chi connectivity index (χ4n) is 3.08. The standard InChI is InChI=1S/C17H18N4OS/c1-22-14-4-2-13(3-5-14)16-10-20-7-6-19-17(20)11-21(16)9-15-8-18-12-23-15/h2-8,12,16H,9-11H2,1H3. The molecule has 6 heteroatoms. The second-order valence-electron chi connectivity index (χ2n) is 5.66. The Balaban J connectivity index is 1.65. The van der Waals surface area contributed by atoms with E-state index in [1.54, 1.807) is 18.4 Å². The SMILES string of the molecule is COc1ccc(C2Cn3ccnc3CN2Cc2cncs2)cc1. The molecule has 0 radical (unpaired) electrons. The first kappa shape index (κ1) is 14.4. The molecule has 0 bridgehead atoms. The van der Waals surface area contributed by atoms with Crippen LogP contribution < -0.4 is 4.74 Å². The molecule has 2 aromatic heterocycles. The molecule has 23 heavy (non-hydrogen) atoms. The van der Waals surface area contributed by atoms with Gasteiger partial charge in [0, 0.05) is 36.6 Å². The van der Waals surface area contributed by atoms with Crippen LogP contribution in [0.15, 0.2) is 48.4 Å². The minimum atomic E-state index is 0.324. The molecule has 1 atom stereocenters. The van der Waals surface area contributed by atoms with Crippen LogP contribution in [0.5, 0.6) is 5.75 Å². The van der Waals surface area contributed by atoms with Gasteiger partial charge in [0.2, 0.25) is 0 Å². The highest BCUT2D eigenvalue weighted by atomic mass is 32.1. The van der Waals surface area contributed by atoms with Gasteiger partial charge in [0.05, 0.1) is 25.2 Å². The van der Waals surface area contributed by atoms with Crippen molar-refractivity contribution in [2.45, 2.75) is 25.7 Å². The Labute approximate surface area is 139 Å². The van der Waals surface area contributed by atoms with Crippen LogP contribution >= 0.6 is 11.3 Å². The third-order valence-electron chi connectivity index (χ3n) is 4.30. The Kier molecular flexibility index (Phi) is 3.85. The smallest absolute Gasteiger partial charge is 0.122 e. The number of nitrogens with zero attached hydrogens (tertiary/aromatic N) is 4. The van der Waals surface area contributed by atoms with Crippen molar-refractivity contribution in [2.75, 3.05) is 7.11 Å². The minimum absolute atomic E-state index is 0.324. The van der Waals surface area contributed by atoms with Crippen molar-refractivity contribution in [1.29, 1.82) is 0 Å². The van der Waals surface area contributed by atoms with E-state index in [2.05, 4.69) is 37.8 Å². The van der Waals surface area contributed by atoms with E-state index in [1.807, 2.05) is 30.0 Å². The lowest BCUT2D eigenvalue weighted by Crippen LogP contribution is -2.36. The summed E-state index contributed by atoms with van der Waals surface area (Å²) in [5, 5.41) is 0. The molecule has 0 saturated heterocycles. The van der Waals surface area contributed by atoms with Crippen LogP contribution in [0.2, 0.25) is 0 Å². The van der Waals surface area contributed by atoms with Crippen molar-refractivity contribution in [2.24, 2.45) is 0 Å². The number of ether oxygens (including phenoxy) is 1. The van der Waals surface area contributed by atoms with E-state index >= 15 is 0 Å². The molecule has 0 fully saturated rings. The number of fused-ring (bicyclic) bond motifs is 1. The molecule has 5 nitrogen and oxygen atoms in total. The summed E-state index contributed by atoms with van der Waals surface area (Å²) in [7, 11) is 1.70. The maximum atomic E-state index is 5.28. The first-order chi connectivity index (χ1) is 11.3. The number of hydrogen-bond acceptors (Lipinski definition) is 5. The molecular weight excluding hydrogens is 308 g/mol. The van der Waals surface area contributed by atoms with E-state index in [1.165, 1.54) is 10.4 Å². The summed E-state index contributed by atoms with van der Waals surface area (Å²) < 4.78 is 7.53. The van der Waals surface area contributed by atoms with Gasteiger partial charge < -0.3 is 9.30 Å². The van der Waals surface area contributed by atoms with Crippen molar-refractivity contribution >= 4 is 11.3 Å². The van der Waals surface area contributed by atoms with Gasteiger partial charge >= 0.3 is 0 Å². The van der Waals surface area contributed by atoms with Crippen LogP contribution in [0.4, 0.5) is 0 Å².